The standard InChI is InChI=1S/C17H16Cl2N2O3/c1-2-13-8-22-17(24-13,9-21-4-3-20-10-21)15-6-11-5-12(18)7-14(19)16(11)23-15/h3-7,10,13H,2,8-9H2,1H3. The Kier molecular flexibility index (Phi) is 4.04. The predicted molar refractivity (Wildman–Crippen MR) is 91.3 cm³/mol. The van der Waals surface area contributed by atoms with Crippen molar-refractivity contribution in [1.82, 2.24) is 9.55 Å². The van der Waals surface area contributed by atoms with Crippen LogP contribution in [0, 0.1) is 0 Å². The third kappa shape index (κ3) is 2.71. The quantitative estimate of drug-likeness (QED) is 0.676. The highest BCUT2D eigenvalue weighted by molar-refractivity contribution is 6.38. The van der Waals surface area contributed by atoms with Crippen molar-refractivity contribution in [3.8, 4) is 0 Å². The molecule has 0 radical (unpaired) electrons. The van der Waals surface area contributed by atoms with Crippen LogP contribution in [0.5, 0.6) is 0 Å². The molecule has 24 heavy (non-hydrogen) atoms. The van der Waals surface area contributed by atoms with Crippen LogP contribution in [0.1, 0.15) is 19.1 Å². The number of hydrogen-bond donors (Lipinski definition) is 0. The van der Waals surface area contributed by atoms with Gasteiger partial charge in [-0.25, -0.2) is 4.98 Å². The number of aromatic nitrogens is 2. The number of benzene rings is 1. The second-order valence-electron chi connectivity index (χ2n) is 5.86. The van der Waals surface area contributed by atoms with Crippen molar-refractivity contribution in [2.45, 2.75) is 31.8 Å². The molecule has 2 atom stereocenters. The van der Waals surface area contributed by atoms with Crippen LogP contribution >= 0.6 is 23.2 Å². The van der Waals surface area contributed by atoms with Gasteiger partial charge in [-0.2, -0.15) is 0 Å². The summed E-state index contributed by atoms with van der Waals surface area (Å²) in [7, 11) is 0. The SMILES string of the molecule is CCC1COC(Cn2ccnc2)(c2cc3cc(Cl)cc(Cl)c3o2)O1. The van der Waals surface area contributed by atoms with E-state index < -0.39 is 5.79 Å². The van der Waals surface area contributed by atoms with Crippen molar-refractivity contribution in [2.75, 3.05) is 6.61 Å². The Morgan fingerprint density at radius 1 is 1.33 bits per heavy atom. The fourth-order valence-corrected chi connectivity index (χ4v) is 3.49. The Labute approximate surface area is 149 Å². The molecule has 0 spiro atoms. The molecule has 0 bridgehead atoms. The highest BCUT2D eigenvalue weighted by atomic mass is 35.5. The van der Waals surface area contributed by atoms with Crippen LogP contribution in [0.3, 0.4) is 0 Å². The molecule has 0 aliphatic carbocycles. The number of fused-ring (bicyclic) bond motifs is 1. The van der Waals surface area contributed by atoms with Gasteiger partial charge in [0.05, 0.1) is 30.6 Å². The smallest absolute Gasteiger partial charge is 0.247 e. The molecule has 126 valence electrons. The second-order valence-corrected chi connectivity index (χ2v) is 6.71. The zero-order valence-electron chi connectivity index (χ0n) is 13.0. The van der Waals surface area contributed by atoms with Gasteiger partial charge in [0.2, 0.25) is 5.79 Å². The van der Waals surface area contributed by atoms with Gasteiger partial charge < -0.3 is 18.5 Å². The van der Waals surface area contributed by atoms with Crippen molar-refractivity contribution in [1.29, 1.82) is 0 Å². The summed E-state index contributed by atoms with van der Waals surface area (Å²) in [4.78, 5) is 4.08. The van der Waals surface area contributed by atoms with Crippen LogP contribution in [0.4, 0.5) is 0 Å². The van der Waals surface area contributed by atoms with Crippen molar-refractivity contribution >= 4 is 34.2 Å². The van der Waals surface area contributed by atoms with Gasteiger partial charge in [-0.05, 0) is 24.6 Å². The monoisotopic (exact) mass is 366 g/mol. The van der Waals surface area contributed by atoms with E-state index in [0.717, 1.165) is 11.8 Å². The predicted octanol–water partition coefficient (Wildman–Crippen LogP) is 4.61. The molecule has 1 aliphatic rings. The minimum atomic E-state index is -1.00. The van der Waals surface area contributed by atoms with Crippen LogP contribution < -0.4 is 0 Å². The first-order chi connectivity index (χ1) is 11.6. The van der Waals surface area contributed by atoms with Crippen molar-refractivity contribution < 1.29 is 13.9 Å². The number of imidazole rings is 1. The van der Waals surface area contributed by atoms with Gasteiger partial charge in [0.25, 0.3) is 0 Å². The summed E-state index contributed by atoms with van der Waals surface area (Å²) in [6.07, 6.45) is 6.18. The summed E-state index contributed by atoms with van der Waals surface area (Å²) >= 11 is 12.3. The van der Waals surface area contributed by atoms with E-state index in [1.54, 1.807) is 18.6 Å². The second kappa shape index (κ2) is 6.08. The minimum Gasteiger partial charge on any atom is -0.454 e. The maximum Gasteiger partial charge on any atom is 0.247 e. The summed E-state index contributed by atoms with van der Waals surface area (Å²) in [5.41, 5.74) is 0.577. The molecular weight excluding hydrogens is 351 g/mol. The van der Waals surface area contributed by atoms with E-state index in [0.29, 0.717) is 34.5 Å². The van der Waals surface area contributed by atoms with Gasteiger partial charge in [0.15, 0.2) is 11.3 Å². The summed E-state index contributed by atoms with van der Waals surface area (Å²) in [5, 5.41) is 1.84. The minimum absolute atomic E-state index is 0.0146. The first-order valence-corrected chi connectivity index (χ1v) is 8.52. The largest absolute Gasteiger partial charge is 0.454 e. The molecule has 3 heterocycles. The van der Waals surface area contributed by atoms with Crippen LogP contribution in [0.2, 0.25) is 10.0 Å². The maximum absolute atomic E-state index is 6.25. The lowest BCUT2D eigenvalue weighted by atomic mass is 10.1. The molecule has 1 aliphatic heterocycles. The van der Waals surface area contributed by atoms with Crippen LogP contribution in [0.15, 0.2) is 41.3 Å². The molecule has 5 nitrogen and oxygen atoms in total. The molecule has 3 aromatic rings. The van der Waals surface area contributed by atoms with Gasteiger partial charge >= 0.3 is 0 Å². The Morgan fingerprint density at radius 2 is 2.21 bits per heavy atom. The Morgan fingerprint density at radius 3 is 2.92 bits per heavy atom. The highest BCUT2D eigenvalue weighted by Gasteiger charge is 2.46. The van der Waals surface area contributed by atoms with Gasteiger partial charge in [0.1, 0.15) is 0 Å². The lowest BCUT2D eigenvalue weighted by molar-refractivity contribution is -0.198. The molecule has 0 amide bonds. The molecular formula is C17H16Cl2N2O3. The first kappa shape index (κ1) is 16.0. The summed E-state index contributed by atoms with van der Waals surface area (Å²) in [6, 6.07) is 5.35. The molecule has 0 N–H and O–H groups in total. The van der Waals surface area contributed by atoms with E-state index in [2.05, 4.69) is 11.9 Å². The van der Waals surface area contributed by atoms with Crippen molar-refractivity contribution in [3.63, 3.8) is 0 Å². The highest BCUT2D eigenvalue weighted by Crippen LogP contribution is 2.41. The van der Waals surface area contributed by atoms with E-state index in [-0.39, 0.29) is 6.10 Å². The summed E-state index contributed by atoms with van der Waals surface area (Å²) in [5.74, 6) is -0.428. The number of rotatable bonds is 4. The third-order valence-corrected chi connectivity index (χ3v) is 4.67. The molecule has 1 aromatic carbocycles. The Hall–Kier alpha value is -1.53. The fourth-order valence-electron chi connectivity index (χ4n) is 2.94. The van der Waals surface area contributed by atoms with E-state index >= 15 is 0 Å². The summed E-state index contributed by atoms with van der Waals surface area (Å²) in [6.45, 7) is 3.02. The van der Waals surface area contributed by atoms with Crippen molar-refractivity contribution in [2.24, 2.45) is 0 Å². The number of ether oxygens (including phenoxy) is 2. The molecule has 0 saturated carbocycles. The van der Waals surface area contributed by atoms with E-state index in [9.17, 15) is 0 Å². The number of halogens is 2. The number of furan rings is 1. The first-order valence-electron chi connectivity index (χ1n) is 7.76. The number of nitrogens with zero attached hydrogens (tertiary/aromatic N) is 2. The van der Waals surface area contributed by atoms with Gasteiger partial charge in [-0.15, -0.1) is 0 Å². The molecule has 4 rings (SSSR count). The Bertz CT molecular complexity index is 862. The van der Waals surface area contributed by atoms with Crippen molar-refractivity contribution in [3.05, 3.63) is 52.7 Å². The zero-order chi connectivity index (χ0) is 16.7. The fraction of sp³-hybridized carbons (Fsp3) is 0.353. The molecule has 1 saturated heterocycles. The van der Waals surface area contributed by atoms with Gasteiger partial charge in [-0.1, -0.05) is 30.1 Å². The average Bonchev–Trinajstić information content (AvgIpc) is 3.26. The van der Waals surface area contributed by atoms with E-state index in [1.807, 2.05) is 22.9 Å². The Balaban J connectivity index is 1.80. The number of hydrogen-bond acceptors (Lipinski definition) is 4. The topological polar surface area (TPSA) is 49.4 Å². The van der Waals surface area contributed by atoms with Crippen LogP contribution in [-0.2, 0) is 21.8 Å². The van der Waals surface area contributed by atoms with Gasteiger partial charge in [-0.3, -0.25) is 0 Å². The lowest BCUT2D eigenvalue weighted by Gasteiger charge is -2.26. The van der Waals surface area contributed by atoms with E-state index in [1.165, 1.54) is 0 Å². The normalized spacial score (nSPS) is 24.0. The van der Waals surface area contributed by atoms with E-state index in [4.69, 9.17) is 37.1 Å². The average molecular weight is 367 g/mol. The molecule has 1 fully saturated rings. The summed E-state index contributed by atoms with van der Waals surface area (Å²) < 4.78 is 20.2. The third-order valence-electron chi connectivity index (χ3n) is 4.18. The molecule has 2 unspecified atom stereocenters. The lowest BCUT2D eigenvalue weighted by Crippen LogP contribution is -2.32. The molecule has 7 heteroatoms. The van der Waals surface area contributed by atoms with Crippen LogP contribution in [-0.4, -0.2) is 22.3 Å². The molecule has 2 aromatic heterocycles. The zero-order valence-corrected chi connectivity index (χ0v) is 14.5. The van der Waals surface area contributed by atoms with Crippen LogP contribution in [0.25, 0.3) is 11.0 Å². The maximum atomic E-state index is 6.25. The van der Waals surface area contributed by atoms with Gasteiger partial charge in [0, 0.05) is 22.8 Å².